The predicted octanol–water partition coefficient (Wildman–Crippen LogP) is 3.77. The molecule has 2 aliphatic heterocycles. The summed E-state index contributed by atoms with van der Waals surface area (Å²) in [5.74, 6) is 2.05. The van der Waals surface area contributed by atoms with Crippen LogP contribution in [0.2, 0.25) is 0 Å². The molecular weight excluding hydrogens is 368 g/mol. The first-order valence-electron chi connectivity index (χ1n) is 10.5. The van der Waals surface area contributed by atoms with Crippen LogP contribution in [0.4, 0.5) is 0 Å². The second-order valence-corrected chi connectivity index (χ2v) is 9.47. The summed E-state index contributed by atoms with van der Waals surface area (Å²) in [6.07, 6.45) is 4.45. The highest BCUT2D eigenvalue weighted by molar-refractivity contribution is 7.10. The van der Waals surface area contributed by atoms with E-state index in [-0.39, 0.29) is 5.91 Å². The summed E-state index contributed by atoms with van der Waals surface area (Å²) in [7, 11) is 0. The minimum atomic E-state index is 0.251. The molecule has 3 heterocycles. The van der Waals surface area contributed by atoms with Gasteiger partial charge in [0.1, 0.15) is 5.75 Å². The van der Waals surface area contributed by atoms with Crippen LogP contribution in [-0.2, 0) is 25.8 Å². The fraction of sp³-hybridized carbons (Fsp3) is 0.522. The molecule has 4 nitrogen and oxygen atoms in total. The van der Waals surface area contributed by atoms with Crippen molar-refractivity contribution >= 4 is 17.2 Å². The van der Waals surface area contributed by atoms with Crippen molar-refractivity contribution < 1.29 is 9.53 Å². The first-order valence-corrected chi connectivity index (χ1v) is 11.4. The van der Waals surface area contributed by atoms with Crippen LogP contribution in [0.15, 0.2) is 23.6 Å². The summed E-state index contributed by atoms with van der Waals surface area (Å²) < 4.78 is 5.61. The van der Waals surface area contributed by atoms with E-state index in [0.29, 0.717) is 0 Å². The van der Waals surface area contributed by atoms with Gasteiger partial charge in [0.25, 0.3) is 5.91 Å². The molecule has 0 saturated carbocycles. The molecule has 5 rings (SSSR count). The molecule has 2 aromatic rings. The van der Waals surface area contributed by atoms with Crippen LogP contribution in [0.25, 0.3) is 0 Å². The molecule has 5 heteroatoms. The molecule has 1 unspecified atom stereocenters. The number of amides is 1. The lowest BCUT2D eigenvalue weighted by Gasteiger charge is -2.35. The summed E-state index contributed by atoms with van der Waals surface area (Å²) in [6, 6.07) is 6.58. The topological polar surface area (TPSA) is 32.8 Å². The number of carbonyl (C=O) groups excluding carboxylic acids is 1. The van der Waals surface area contributed by atoms with Gasteiger partial charge >= 0.3 is 0 Å². The van der Waals surface area contributed by atoms with E-state index < -0.39 is 0 Å². The van der Waals surface area contributed by atoms with Gasteiger partial charge in [0, 0.05) is 49.4 Å². The zero-order valence-electron chi connectivity index (χ0n) is 16.6. The summed E-state index contributed by atoms with van der Waals surface area (Å²) in [5, 5.41) is 2.12. The van der Waals surface area contributed by atoms with E-state index in [1.807, 2.05) is 0 Å². The molecule has 1 saturated heterocycles. The lowest BCUT2D eigenvalue weighted by Crippen LogP contribution is -2.48. The number of benzene rings is 1. The molecule has 1 aromatic carbocycles. The maximum atomic E-state index is 13.1. The van der Waals surface area contributed by atoms with Crippen LogP contribution in [0, 0.1) is 5.92 Å². The highest BCUT2D eigenvalue weighted by Crippen LogP contribution is 2.33. The Labute approximate surface area is 171 Å². The van der Waals surface area contributed by atoms with Crippen LogP contribution < -0.4 is 4.74 Å². The van der Waals surface area contributed by atoms with Gasteiger partial charge in [-0.15, -0.1) is 11.3 Å². The van der Waals surface area contributed by atoms with Crippen molar-refractivity contribution in [3.63, 3.8) is 0 Å². The maximum absolute atomic E-state index is 13.1. The molecule has 0 N–H and O–H groups in total. The minimum Gasteiger partial charge on any atom is -0.493 e. The average Bonchev–Trinajstić information content (AvgIpc) is 3.34. The maximum Gasteiger partial charge on any atom is 0.255 e. The van der Waals surface area contributed by atoms with Crippen molar-refractivity contribution in [2.45, 2.75) is 39.2 Å². The molecule has 1 aromatic heterocycles. The third kappa shape index (κ3) is 3.46. The van der Waals surface area contributed by atoms with E-state index in [1.165, 1.54) is 28.0 Å². The number of fused-ring (bicyclic) bond motifs is 2. The predicted molar refractivity (Wildman–Crippen MR) is 112 cm³/mol. The van der Waals surface area contributed by atoms with E-state index in [0.717, 1.165) is 75.8 Å². The second kappa shape index (κ2) is 7.53. The van der Waals surface area contributed by atoms with Gasteiger partial charge in [-0.05, 0) is 47.9 Å². The normalized spacial score (nSPS) is 21.9. The van der Waals surface area contributed by atoms with Gasteiger partial charge in [0.05, 0.1) is 12.2 Å². The van der Waals surface area contributed by atoms with E-state index in [9.17, 15) is 4.79 Å². The quantitative estimate of drug-likeness (QED) is 0.792. The number of nitrogens with zero attached hydrogens (tertiary/aromatic N) is 2. The fourth-order valence-corrected chi connectivity index (χ4v) is 5.97. The SMILES string of the molecule is CC1CCc2c(C(=O)N3CCN(Cc4ccc5c(c4)CCO5)CC3)csc2C1. The van der Waals surface area contributed by atoms with Gasteiger partial charge in [-0.1, -0.05) is 19.1 Å². The lowest BCUT2D eigenvalue weighted by molar-refractivity contribution is 0.0627. The Morgan fingerprint density at radius 3 is 2.93 bits per heavy atom. The van der Waals surface area contributed by atoms with Gasteiger partial charge in [-0.2, -0.15) is 0 Å². The number of rotatable bonds is 3. The van der Waals surface area contributed by atoms with E-state index in [2.05, 4.69) is 40.3 Å². The number of thiophene rings is 1. The van der Waals surface area contributed by atoms with Crippen molar-refractivity contribution in [2.75, 3.05) is 32.8 Å². The Morgan fingerprint density at radius 1 is 1.21 bits per heavy atom. The number of ether oxygens (including phenoxy) is 1. The first kappa shape index (κ1) is 18.2. The highest BCUT2D eigenvalue weighted by Gasteiger charge is 2.28. The summed E-state index contributed by atoms with van der Waals surface area (Å²) >= 11 is 1.79. The largest absolute Gasteiger partial charge is 0.493 e. The molecule has 0 bridgehead atoms. The third-order valence-electron chi connectivity index (χ3n) is 6.45. The standard InChI is InChI=1S/C23H28N2O2S/c1-16-2-4-19-20(15-28-22(19)12-16)23(26)25-9-7-24(8-10-25)14-17-3-5-21-18(13-17)6-11-27-21/h3,5,13,15-16H,2,4,6-12,14H2,1H3. The Balaban J connectivity index is 1.20. The van der Waals surface area contributed by atoms with Crippen LogP contribution in [0.5, 0.6) is 5.75 Å². The number of piperazine rings is 1. The minimum absolute atomic E-state index is 0.251. The van der Waals surface area contributed by atoms with Gasteiger partial charge in [0.2, 0.25) is 0 Å². The Hall–Kier alpha value is -1.85. The molecule has 0 radical (unpaired) electrons. The van der Waals surface area contributed by atoms with Crippen LogP contribution in [-0.4, -0.2) is 48.5 Å². The van der Waals surface area contributed by atoms with Crippen molar-refractivity contribution in [1.82, 2.24) is 9.80 Å². The van der Waals surface area contributed by atoms with Gasteiger partial charge in [0.15, 0.2) is 0 Å². The van der Waals surface area contributed by atoms with E-state index in [1.54, 1.807) is 11.3 Å². The number of hydrogen-bond donors (Lipinski definition) is 0. The van der Waals surface area contributed by atoms with Gasteiger partial charge in [-0.3, -0.25) is 9.69 Å². The molecule has 1 atom stereocenters. The van der Waals surface area contributed by atoms with E-state index >= 15 is 0 Å². The van der Waals surface area contributed by atoms with Gasteiger partial charge < -0.3 is 9.64 Å². The summed E-state index contributed by atoms with van der Waals surface area (Å²) in [4.78, 5) is 19.1. The molecule has 1 fully saturated rings. The van der Waals surface area contributed by atoms with Crippen LogP contribution in [0.3, 0.4) is 0 Å². The zero-order valence-corrected chi connectivity index (χ0v) is 17.4. The van der Waals surface area contributed by atoms with Crippen molar-refractivity contribution in [2.24, 2.45) is 5.92 Å². The van der Waals surface area contributed by atoms with Crippen LogP contribution >= 0.6 is 11.3 Å². The smallest absolute Gasteiger partial charge is 0.255 e. The summed E-state index contributed by atoms with van der Waals surface area (Å²) in [5.41, 5.74) is 5.02. The van der Waals surface area contributed by atoms with Crippen molar-refractivity contribution in [1.29, 1.82) is 0 Å². The lowest BCUT2D eigenvalue weighted by atomic mass is 9.88. The van der Waals surface area contributed by atoms with Crippen LogP contribution in [0.1, 0.15) is 45.3 Å². The molecule has 1 aliphatic carbocycles. The molecular formula is C23H28N2O2S. The Bertz CT molecular complexity index is 883. The first-order chi connectivity index (χ1) is 13.7. The molecule has 3 aliphatic rings. The van der Waals surface area contributed by atoms with Gasteiger partial charge in [-0.25, -0.2) is 0 Å². The highest BCUT2D eigenvalue weighted by atomic mass is 32.1. The Morgan fingerprint density at radius 2 is 2.07 bits per heavy atom. The molecule has 148 valence electrons. The average molecular weight is 397 g/mol. The van der Waals surface area contributed by atoms with Crippen molar-refractivity contribution in [3.8, 4) is 5.75 Å². The monoisotopic (exact) mass is 396 g/mol. The molecule has 1 amide bonds. The second-order valence-electron chi connectivity index (χ2n) is 8.51. The number of carbonyl (C=O) groups is 1. The van der Waals surface area contributed by atoms with E-state index in [4.69, 9.17) is 4.74 Å². The Kier molecular flexibility index (Phi) is 4.89. The zero-order chi connectivity index (χ0) is 19.1. The summed E-state index contributed by atoms with van der Waals surface area (Å²) in [6.45, 7) is 7.64. The number of hydrogen-bond acceptors (Lipinski definition) is 4. The third-order valence-corrected chi connectivity index (χ3v) is 7.50. The van der Waals surface area contributed by atoms with Crippen molar-refractivity contribution in [3.05, 3.63) is 50.7 Å². The molecule has 28 heavy (non-hydrogen) atoms. The molecule has 0 spiro atoms. The fourth-order valence-electron chi connectivity index (χ4n) is 4.73.